The van der Waals surface area contributed by atoms with E-state index < -0.39 is 12.1 Å². The smallest absolute Gasteiger partial charge is 0.332 e. The number of rotatable bonds is 1. The Morgan fingerprint density at radius 1 is 1.06 bits per heavy atom. The van der Waals surface area contributed by atoms with Gasteiger partial charge in [-0.1, -0.05) is 0 Å². The lowest BCUT2D eigenvalue weighted by Gasteiger charge is -2.43. The number of halogens is 5. The number of carbonyl (C=O) groups is 1. The second-order valence-electron chi connectivity index (χ2n) is 4.14. The molecule has 0 aromatic carbocycles. The summed E-state index contributed by atoms with van der Waals surface area (Å²) in [5.74, 6) is -1.71. The molecule has 0 bridgehead atoms. The summed E-state index contributed by atoms with van der Waals surface area (Å²) >= 11 is 0. The van der Waals surface area contributed by atoms with Gasteiger partial charge in [-0.3, -0.25) is 9.69 Å². The number of amides is 1. The maximum atomic E-state index is 12.2. The first-order valence-electron chi connectivity index (χ1n) is 5.29. The predicted octanol–water partition coefficient (Wildman–Crippen LogP) is 0.508. The third-order valence-corrected chi connectivity index (χ3v) is 3.12. The first kappa shape index (κ1) is 17.8. The summed E-state index contributed by atoms with van der Waals surface area (Å²) in [6.07, 6.45) is -4.74. The Hall–Kier alpha value is -0.240. The highest BCUT2D eigenvalue weighted by molar-refractivity contribution is 5.85. The van der Waals surface area contributed by atoms with Gasteiger partial charge in [0.05, 0.1) is 0 Å². The lowest BCUT2D eigenvalue weighted by molar-refractivity contribution is -0.187. The van der Waals surface area contributed by atoms with E-state index in [1.807, 2.05) is 0 Å². The van der Waals surface area contributed by atoms with Crippen molar-refractivity contribution in [2.45, 2.75) is 12.2 Å². The predicted molar refractivity (Wildman–Crippen MR) is 65.4 cm³/mol. The first-order chi connectivity index (χ1) is 7.48. The molecule has 0 radical (unpaired) electrons. The summed E-state index contributed by atoms with van der Waals surface area (Å²) in [7, 11) is 0. The van der Waals surface area contributed by atoms with E-state index >= 15 is 0 Å². The number of piperazine rings is 1. The Morgan fingerprint density at radius 3 is 1.89 bits per heavy atom. The molecule has 18 heavy (non-hydrogen) atoms. The number of hydrogen-bond acceptors (Lipinski definition) is 3. The van der Waals surface area contributed by atoms with Crippen molar-refractivity contribution in [2.75, 3.05) is 39.3 Å². The van der Waals surface area contributed by atoms with Gasteiger partial charge >= 0.3 is 12.1 Å². The van der Waals surface area contributed by atoms with Crippen LogP contribution in [-0.4, -0.2) is 67.2 Å². The molecular formula is C9H16Cl2F3N3O. The Kier molecular flexibility index (Phi) is 6.70. The van der Waals surface area contributed by atoms with Gasteiger partial charge in [-0.25, -0.2) is 0 Å². The molecule has 0 aliphatic carbocycles. The Morgan fingerprint density at radius 2 is 1.56 bits per heavy atom. The topological polar surface area (TPSA) is 35.6 Å². The van der Waals surface area contributed by atoms with Gasteiger partial charge in [-0.15, -0.1) is 24.8 Å². The van der Waals surface area contributed by atoms with Gasteiger partial charge in [0.2, 0.25) is 0 Å². The number of hydrogen-bond donors (Lipinski definition) is 1. The van der Waals surface area contributed by atoms with Crippen molar-refractivity contribution in [2.24, 2.45) is 0 Å². The monoisotopic (exact) mass is 309 g/mol. The zero-order valence-corrected chi connectivity index (χ0v) is 11.2. The van der Waals surface area contributed by atoms with E-state index in [9.17, 15) is 18.0 Å². The van der Waals surface area contributed by atoms with Gasteiger partial charge in [-0.05, 0) is 0 Å². The van der Waals surface area contributed by atoms with E-state index in [4.69, 9.17) is 0 Å². The SMILES string of the molecule is Cl.Cl.O=C(N1CCN(C2CNC2)CC1)C(F)(F)F. The standard InChI is InChI=1S/C9H14F3N3O.2ClH/c10-9(11,12)8(16)15-3-1-14(2-4-15)7-5-13-6-7;;/h7,13H,1-6H2;2*1H. The molecule has 4 nitrogen and oxygen atoms in total. The van der Waals surface area contributed by atoms with Crippen molar-refractivity contribution in [3.8, 4) is 0 Å². The molecule has 2 fully saturated rings. The van der Waals surface area contributed by atoms with Crippen LogP contribution in [0.3, 0.4) is 0 Å². The van der Waals surface area contributed by atoms with E-state index in [1.54, 1.807) is 0 Å². The molecule has 1 N–H and O–H groups in total. The van der Waals surface area contributed by atoms with Crippen LogP contribution in [0.25, 0.3) is 0 Å². The molecule has 0 saturated carbocycles. The highest BCUT2D eigenvalue weighted by atomic mass is 35.5. The molecule has 108 valence electrons. The second-order valence-corrected chi connectivity index (χ2v) is 4.14. The fourth-order valence-electron chi connectivity index (χ4n) is 2.00. The maximum absolute atomic E-state index is 12.2. The molecule has 0 aromatic heterocycles. The Bertz CT molecular complexity index is 279. The average molecular weight is 310 g/mol. The summed E-state index contributed by atoms with van der Waals surface area (Å²) in [6, 6.07) is 0.433. The van der Waals surface area contributed by atoms with Crippen molar-refractivity contribution in [1.82, 2.24) is 15.1 Å². The van der Waals surface area contributed by atoms with E-state index in [0.717, 1.165) is 18.0 Å². The summed E-state index contributed by atoms with van der Waals surface area (Å²) in [5.41, 5.74) is 0. The molecule has 1 amide bonds. The number of alkyl halides is 3. The molecule has 2 saturated heterocycles. The third-order valence-electron chi connectivity index (χ3n) is 3.12. The number of carbonyl (C=O) groups excluding carboxylic acids is 1. The average Bonchev–Trinajstić information content (AvgIpc) is 2.14. The highest BCUT2D eigenvalue weighted by Crippen LogP contribution is 2.20. The minimum atomic E-state index is -4.74. The zero-order chi connectivity index (χ0) is 11.8. The Balaban J connectivity index is 0.00000144. The van der Waals surface area contributed by atoms with E-state index in [0.29, 0.717) is 19.1 Å². The van der Waals surface area contributed by atoms with Gasteiger partial charge in [0.1, 0.15) is 0 Å². The fourth-order valence-corrected chi connectivity index (χ4v) is 2.00. The van der Waals surface area contributed by atoms with Gasteiger partial charge in [0.15, 0.2) is 0 Å². The van der Waals surface area contributed by atoms with Crippen LogP contribution >= 0.6 is 24.8 Å². The molecule has 2 heterocycles. The van der Waals surface area contributed by atoms with E-state index in [1.165, 1.54) is 0 Å². The van der Waals surface area contributed by atoms with Crippen LogP contribution in [0.1, 0.15) is 0 Å². The van der Waals surface area contributed by atoms with Crippen molar-refractivity contribution < 1.29 is 18.0 Å². The minimum absolute atomic E-state index is 0. The maximum Gasteiger partial charge on any atom is 0.471 e. The van der Waals surface area contributed by atoms with Crippen LogP contribution in [0.4, 0.5) is 13.2 Å². The van der Waals surface area contributed by atoms with E-state index in [2.05, 4.69) is 10.2 Å². The van der Waals surface area contributed by atoms with Gasteiger partial charge in [0.25, 0.3) is 0 Å². The van der Waals surface area contributed by atoms with Gasteiger partial charge in [-0.2, -0.15) is 13.2 Å². The quantitative estimate of drug-likeness (QED) is 0.766. The largest absolute Gasteiger partial charge is 0.471 e. The molecule has 2 aliphatic rings. The van der Waals surface area contributed by atoms with Crippen molar-refractivity contribution >= 4 is 30.7 Å². The third kappa shape index (κ3) is 3.88. The molecule has 0 aromatic rings. The van der Waals surface area contributed by atoms with Crippen LogP contribution in [0.5, 0.6) is 0 Å². The lowest BCUT2D eigenvalue weighted by atomic mass is 10.1. The highest BCUT2D eigenvalue weighted by Gasteiger charge is 2.43. The summed E-state index contributed by atoms with van der Waals surface area (Å²) in [4.78, 5) is 14.0. The first-order valence-corrected chi connectivity index (χ1v) is 5.29. The normalized spacial score (nSPS) is 21.6. The van der Waals surface area contributed by atoms with Crippen molar-refractivity contribution in [3.63, 3.8) is 0 Å². The number of nitrogens with one attached hydrogen (secondary N) is 1. The molecular weight excluding hydrogens is 294 g/mol. The van der Waals surface area contributed by atoms with Gasteiger partial charge in [0, 0.05) is 45.3 Å². The summed E-state index contributed by atoms with van der Waals surface area (Å²) < 4.78 is 36.5. The zero-order valence-electron chi connectivity index (χ0n) is 9.57. The van der Waals surface area contributed by atoms with Crippen LogP contribution in [0.15, 0.2) is 0 Å². The van der Waals surface area contributed by atoms with Crippen molar-refractivity contribution in [3.05, 3.63) is 0 Å². The van der Waals surface area contributed by atoms with Crippen LogP contribution < -0.4 is 5.32 Å². The second kappa shape index (κ2) is 6.79. The molecule has 0 unspecified atom stereocenters. The van der Waals surface area contributed by atoms with Crippen LogP contribution in [0, 0.1) is 0 Å². The molecule has 2 rings (SSSR count). The molecule has 0 atom stereocenters. The minimum Gasteiger partial charge on any atom is -0.332 e. The van der Waals surface area contributed by atoms with Crippen molar-refractivity contribution in [1.29, 1.82) is 0 Å². The molecule has 2 aliphatic heterocycles. The Labute approximate surface area is 116 Å². The van der Waals surface area contributed by atoms with Crippen LogP contribution in [0.2, 0.25) is 0 Å². The lowest BCUT2D eigenvalue weighted by Crippen LogP contribution is -2.62. The number of nitrogens with zero attached hydrogens (tertiary/aromatic N) is 2. The summed E-state index contributed by atoms with van der Waals surface area (Å²) in [5, 5.41) is 3.11. The van der Waals surface area contributed by atoms with Gasteiger partial charge < -0.3 is 10.2 Å². The molecule has 0 spiro atoms. The molecule has 9 heteroatoms. The van der Waals surface area contributed by atoms with Crippen LogP contribution in [-0.2, 0) is 4.79 Å². The van der Waals surface area contributed by atoms with E-state index in [-0.39, 0.29) is 37.9 Å². The fraction of sp³-hybridized carbons (Fsp3) is 0.889. The summed E-state index contributed by atoms with van der Waals surface area (Å²) in [6.45, 7) is 3.21.